The zero-order chi connectivity index (χ0) is 17.4. The topological polar surface area (TPSA) is 44.1 Å². The number of piperidine rings is 1. The molecule has 134 valence electrons. The second kappa shape index (κ2) is 6.94. The molecule has 6 nitrogen and oxygen atoms in total. The Morgan fingerprint density at radius 3 is 2.52 bits per heavy atom. The molecule has 2 saturated heterocycles. The number of hydrogen-bond donors (Lipinski definition) is 0. The van der Waals surface area contributed by atoms with E-state index >= 15 is 0 Å². The number of imidazole rings is 1. The second-order valence-corrected chi connectivity index (χ2v) is 7.54. The van der Waals surface area contributed by atoms with Crippen LogP contribution in [0.5, 0.6) is 0 Å². The van der Waals surface area contributed by atoms with Gasteiger partial charge in [-0.2, -0.15) is 0 Å². The van der Waals surface area contributed by atoms with Crippen molar-refractivity contribution >= 4 is 23.2 Å². The van der Waals surface area contributed by atoms with Crippen molar-refractivity contribution in [2.24, 2.45) is 0 Å². The first-order valence-corrected chi connectivity index (χ1v) is 9.34. The van der Waals surface area contributed by atoms with Gasteiger partial charge in [0.1, 0.15) is 11.3 Å². The summed E-state index contributed by atoms with van der Waals surface area (Å²) in [6.07, 6.45) is 6.01. The Kier molecular flexibility index (Phi) is 4.67. The van der Waals surface area contributed by atoms with E-state index in [1.54, 1.807) is 18.5 Å². The second-order valence-electron chi connectivity index (χ2n) is 7.10. The first kappa shape index (κ1) is 16.8. The lowest BCUT2D eigenvalue weighted by Gasteiger charge is -2.42. The number of nitrogens with zero attached hydrogens (tertiary/aromatic N) is 5. The summed E-state index contributed by atoms with van der Waals surface area (Å²) in [7, 11) is 2.19. The maximum Gasteiger partial charge on any atom is 0.274 e. The highest BCUT2D eigenvalue weighted by Crippen LogP contribution is 2.19. The Morgan fingerprint density at radius 1 is 1.08 bits per heavy atom. The Labute approximate surface area is 153 Å². The van der Waals surface area contributed by atoms with Gasteiger partial charge < -0.3 is 14.2 Å². The summed E-state index contributed by atoms with van der Waals surface area (Å²) in [5.74, 6) is 0.0165. The molecule has 0 bridgehead atoms. The third-order valence-electron chi connectivity index (χ3n) is 5.44. The van der Waals surface area contributed by atoms with Crippen LogP contribution in [0.25, 0.3) is 5.65 Å². The highest BCUT2D eigenvalue weighted by molar-refractivity contribution is 6.30. The van der Waals surface area contributed by atoms with Gasteiger partial charge in [0.15, 0.2) is 0 Å². The predicted octanol–water partition coefficient (Wildman–Crippen LogP) is 1.84. The Hall–Kier alpha value is -1.63. The van der Waals surface area contributed by atoms with Crippen molar-refractivity contribution in [3.8, 4) is 0 Å². The SMILES string of the molecule is CN1CCC(N2CCN(C(=O)c3cn4cc(Cl)ccc4n3)CC2)CC1. The highest BCUT2D eigenvalue weighted by atomic mass is 35.5. The van der Waals surface area contributed by atoms with Crippen LogP contribution in [-0.2, 0) is 0 Å². The molecule has 2 fully saturated rings. The van der Waals surface area contributed by atoms with Gasteiger partial charge in [-0.3, -0.25) is 9.69 Å². The van der Waals surface area contributed by atoms with Crippen LogP contribution in [0.3, 0.4) is 0 Å². The zero-order valence-electron chi connectivity index (χ0n) is 14.6. The van der Waals surface area contributed by atoms with Crippen LogP contribution in [0.2, 0.25) is 5.02 Å². The van der Waals surface area contributed by atoms with Crippen molar-refractivity contribution in [3.63, 3.8) is 0 Å². The summed E-state index contributed by atoms with van der Waals surface area (Å²) in [6, 6.07) is 4.29. The third kappa shape index (κ3) is 3.52. The smallest absolute Gasteiger partial charge is 0.274 e. The minimum Gasteiger partial charge on any atom is -0.335 e. The number of aromatic nitrogens is 2. The lowest BCUT2D eigenvalue weighted by molar-refractivity contribution is 0.0471. The van der Waals surface area contributed by atoms with E-state index in [2.05, 4.69) is 21.8 Å². The van der Waals surface area contributed by atoms with Crippen molar-refractivity contribution in [2.45, 2.75) is 18.9 Å². The fourth-order valence-corrected chi connectivity index (χ4v) is 4.05. The molecule has 4 heterocycles. The number of hydrogen-bond acceptors (Lipinski definition) is 4. The predicted molar refractivity (Wildman–Crippen MR) is 98.2 cm³/mol. The summed E-state index contributed by atoms with van der Waals surface area (Å²) in [6.45, 7) is 5.82. The molecule has 0 unspecified atom stereocenters. The van der Waals surface area contributed by atoms with E-state index in [0.29, 0.717) is 16.8 Å². The van der Waals surface area contributed by atoms with Crippen LogP contribution in [-0.4, -0.2) is 82.3 Å². The van der Waals surface area contributed by atoms with E-state index in [9.17, 15) is 4.79 Å². The monoisotopic (exact) mass is 361 g/mol. The molecule has 0 radical (unpaired) electrons. The largest absolute Gasteiger partial charge is 0.335 e. The van der Waals surface area contributed by atoms with Crippen molar-refractivity contribution < 1.29 is 4.79 Å². The number of likely N-dealkylation sites (tertiary alicyclic amines) is 1. The molecule has 7 heteroatoms. The Morgan fingerprint density at radius 2 is 1.80 bits per heavy atom. The summed E-state index contributed by atoms with van der Waals surface area (Å²) >= 11 is 6.00. The van der Waals surface area contributed by atoms with Crippen LogP contribution in [0, 0.1) is 0 Å². The number of amides is 1. The van der Waals surface area contributed by atoms with Crippen LogP contribution >= 0.6 is 11.6 Å². The number of fused-ring (bicyclic) bond motifs is 1. The molecule has 2 aliphatic rings. The van der Waals surface area contributed by atoms with E-state index in [1.807, 2.05) is 15.4 Å². The first-order chi connectivity index (χ1) is 12.1. The molecule has 25 heavy (non-hydrogen) atoms. The summed E-state index contributed by atoms with van der Waals surface area (Å²) in [5.41, 5.74) is 1.24. The number of carbonyl (C=O) groups is 1. The van der Waals surface area contributed by atoms with E-state index in [-0.39, 0.29) is 5.91 Å². The molecule has 0 saturated carbocycles. The molecule has 0 aromatic carbocycles. The molecule has 0 N–H and O–H groups in total. The van der Waals surface area contributed by atoms with Gasteiger partial charge >= 0.3 is 0 Å². The van der Waals surface area contributed by atoms with Crippen molar-refractivity contribution in [3.05, 3.63) is 35.2 Å². The van der Waals surface area contributed by atoms with Gasteiger partial charge in [0, 0.05) is 44.6 Å². The van der Waals surface area contributed by atoms with E-state index in [0.717, 1.165) is 31.8 Å². The maximum atomic E-state index is 12.8. The Balaban J connectivity index is 1.38. The average molecular weight is 362 g/mol. The van der Waals surface area contributed by atoms with Gasteiger partial charge in [-0.15, -0.1) is 0 Å². The summed E-state index contributed by atoms with van der Waals surface area (Å²) < 4.78 is 1.81. The molecular formula is C18H24ClN5O. The number of rotatable bonds is 2. The quantitative estimate of drug-likeness (QED) is 0.818. The molecule has 2 aromatic heterocycles. The van der Waals surface area contributed by atoms with Gasteiger partial charge in [0.05, 0.1) is 5.02 Å². The van der Waals surface area contributed by atoms with Crippen molar-refractivity contribution in [2.75, 3.05) is 46.3 Å². The van der Waals surface area contributed by atoms with Crippen molar-refractivity contribution in [1.29, 1.82) is 0 Å². The van der Waals surface area contributed by atoms with Crippen LogP contribution in [0.4, 0.5) is 0 Å². The molecule has 0 spiro atoms. The van der Waals surface area contributed by atoms with Crippen LogP contribution in [0.15, 0.2) is 24.5 Å². The van der Waals surface area contributed by atoms with Gasteiger partial charge in [-0.05, 0) is 45.1 Å². The van der Waals surface area contributed by atoms with Crippen LogP contribution < -0.4 is 0 Å². The molecule has 1 amide bonds. The lowest BCUT2D eigenvalue weighted by atomic mass is 10.0. The lowest BCUT2D eigenvalue weighted by Crippen LogP contribution is -2.54. The van der Waals surface area contributed by atoms with Crippen LogP contribution in [0.1, 0.15) is 23.3 Å². The van der Waals surface area contributed by atoms with Crippen molar-refractivity contribution in [1.82, 2.24) is 24.1 Å². The van der Waals surface area contributed by atoms with Gasteiger partial charge in [-0.1, -0.05) is 11.6 Å². The number of piperazine rings is 1. The van der Waals surface area contributed by atoms with Gasteiger partial charge in [-0.25, -0.2) is 4.98 Å². The summed E-state index contributed by atoms with van der Waals surface area (Å²) in [5, 5.41) is 0.635. The van der Waals surface area contributed by atoms with E-state index < -0.39 is 0 Å². The number of halogens is 1. The highest BCUT2D eigenvalue weighted by Gasteiger charge is 2.29. The van der Waals surface area contributed by atoms with E-state index in [1.165, 1.54) is 25.9 Å². The number of carbonyl (C=O) groups excluding carboxylic acids is 1. The summed E-state index contributed by atoms with van der Waals surface area (Å²) in [4.78, 5) is 24.1. The van der Waals surface area contributed by atoms with Gasteiger partial charge in [0.2, 0.25) is 0 Å². The molecule has 2 aromatic rings. The molecule has 0 aliphatic carbocycles. The molecule has 0 atom stereocenters. The standard InChI is InChI=1S/C18H24ClN5O/c1-21-6-4-15(5-7-21)22-8-10-23(11-9-22)18(25)16-13-24-12-14(19)2-3-17(24)20-16/h2-3,12-13,15H,4-11H2,1H3. The fraction of sp³-hybridized carbons (Fsp3) is 0.556. The average Bonchev–Trinajstić information content (AvgIpc) is 3.05. The first-order valence-electron chi connectivity index (χ1n) is 8.96. The van der Waals surface area contributed by atoms with E-state index in [4.69, 9.17) is 11.6 Å². The normalized spacial score (nSPS) is 21.1. The molecule has 4 rings (SSSR count). The van der Waals surface area contributed by atoms with Gasteiger partial charge in [0.25, 0.3) is 5.91 Å². The molecule has 2 aliphatic heterocycles. The maximum absolute atomic E-state index is 12.8. The minimum atomic E-state index is 0.0165. The third-order valence-corrected chi connectivity index (χ3v) is 5.66. The minimum absolute atomic E-state index is 0.0165. The fourth-order valence-electron chi connectivity index (χ4n) is 3.88. The molecular weight excluding hydrogens is 338 g/mol. The number of pyridine rings is 1. The zero-order valence-corrected chi connectivity index (χ0v) is 15.3. The Bertz CT molecular complexity index is 760.